The Morgan fingerprint density at radius 2 is 1.78 bits per heavy atom. The first-order valence-electron chi connectivity index (χ1n) is 6.91. The molecule has 0 saturated heterocycles. The van der Waals surface area contributed by atoms with Gasteiger partial charge in [0.1, 0.15) is 0 Å². The van der Waals surface area contributed by atoms with Crippen LogP contribution in [-0.4, -0.2) is 24.4 Å². The molecule has 100 valence electrons. The molecule has 2 aliphatic carbocycles. The van der Waals surface area contributed by atoms with Gasteiger partial charge in [-0.3, -0.25) is 9.59 Å². The van der Waals surface area contributed by atoms with E-state index in [-0.39, 0.29) is 23.7 Å². The molecular formula is C14H22N2O2. The molecule has 0 aromatic heterocycles. The van der Waals surface area contributed by atoms with Gasteiger partial charge in [-0.25, -0.2) is 0 Å². The molecule has 0 bridgehead atoms. The van der Waals surface area contributed by atoms with Gasteiger partial charge in [0.2, 0.25) is 11.8 Å². The van der Waals surface area contributed by atoms with Crippen molar-refractivity contribution < 1.29 is 9.59 Å². The summed E-state index contributed by atoms with van der Waals surface area (Å²) in [5.41, 5.74) is 0. The fourth-order valence-electron chi connectivity index (χ4n) is 2.63. The maximum absolute atomic E-state index is 12.0. The van der Waals surface area contributed by atoms with Gasteiger partial charge in [0, 0.05) is 12.6 Å². The minimum absolute atomic E-state index is 0.0151. The minimum atomic E-state index is -0.117. The third-order valence-electron chi connectivity index (χ3n) is 3.84. The highest BCUT2D eigenvalue weighted by Crippen LogP contribution is 2.39. The van der Waals surface area contributed by atoms with E-state index in [0.717, 1.165) is 12.8 Å². The molecule has 18 heavy (non-hydrogen) atoms. The van der Waals surface area contributed by atoms with Gasteiger partial charge in [-0.1, -0.05) is 25.3 Å². The highest BCUT2D eigenvalue weighted by molar-refractivity contribution is 5.92. The van der Waals surface area contributed by atoms with Crippen LogP contribution in [0.4, 0.5) is 0 Å². The molecule has 2 amide bonds. The van der Waals surface area contributed by atoms with Crippen molar-refractivity contribution in [3.05, 3.63) is 12.7 Å². The summed E-state index contributed by atoms with van der Waals surface area (Å²) in [7, 11) is 0. The van der Waals surface area contributed by atoms with Crippen molar-refractivity contribution in [2.75, 3.05) is 6.54 Å². The highest BCUT2D eigenvalue weighted by Gasteiger charge is 2.48. The number of nitrogens with one attached hydrogen (secondary N) is 2. The zero-order valence-corrected chi connectivity index (χ0v) is 10.8. The van der Waals surface area contributed by atoms with E-state index in [9.17, 15) is 9.59 Å². The fraction of sp³-hybridized carbons (Fsp3) is 0.714. The fourth-order valence-corrected chi connectivity index (χ4v) is 2.63. The van der Waals surface area contributed by atoms with Gasteiger partial charge < -0.3 is 10.6 Å². The van der Waals surface area contributed by atoms with Crippen LogP contribution in [0.3, 0.4) is 0 Å². The summed E-state index contributed by atoms with van der Waals surface area (Å²) in [5.74, 6) is -0.162. The first-order valence-corrected chi connectivity index (χ1v) is 6.91. The molecule has 2 unspecified atom stereocenters. The second kappa shape index (κ2) is 6.03. The van der Waals surface area contributed by atoms with Gasteiger partial charge in [0.15, 0.2) is 0 Å². The molecule has 2 rings (SSSR count). The second-order valence-corrected chi connectivity index (χ2v) is 5.33. The zero-order valence-electron chi connectivity index (χ0n) is 10.8. The number of carbonyl (C=O) groups is 2. The van der Waals surface area contributed by atoms with Crippen LogP contribution in [0.25, 0.3) is 0 Å². The van der Waals surface area contributed by atoms with Crippen LogP contribution in [0.15, 0.2) is 12.7 Å². The van der Waals surface area contributed by atoms with Crippen LogP contribution in [0, 0.1) is 11.8 Å². The Hall–Kier alpha value is -1.32. The van der Waals surface area contributed by atoms with E-state index in [4.69, 9.17) is 0 Å². The molecule has 0 radical (unpaired) electrons. The molecule has 0 aliphatic heterocycles. The summed E-state index contributed by atoms with van der Waals surface area (Å²) in [5, 5.41) is 5.83. The van der Waals surface area contributed by atoms with Gasteiger partial charge in [0.25, 0.3) is 0 Å². The Labute approximate surface area is 108 Å². The van der Waals surface area contributed by atoms with Crippen LogP contribution in [-0.2, 0) is 9.59 Å². The van der Waals surface area contributed by atoms with Crippen LogP contribution < -0.4 is 10.6 Å². The molecule has 2 atom stereocenters. The molecule has 2 N–H and O–H groups in total. The van der Waals surface area contributed by atoms with Gasteiger partial charge in [-0.15, -0.1) is 6.58 Å². The molecule has 2 saturated carbocycles. The van der Waals surface area contributed by atoms with Crippen molar-refractivity contribution in [3.8, 4) is 0 Å². The lowest BCUT2D eigenvalue weighted by atomic mass is 9.95. The number of hydrogen-bond acceptors (Lipinski definition) is 2. The number of rotatable bonds is 5. The van der Waals surface area contributed by atoms with Crippen molar-refractivity contribution in [1.29, 1.82) is 0 Å². The SMILES string of the molecule is C=CCNC(=O)C1CC1C(=O)NC1CCCCC1. The third-order valence-corrected chi connectivity index (χ3v) is 3.84. The van der Waals surface area contributed by atoms with Gasteiger partial charge in [-0.2, -0.15) is 0 Å². The summed E-state index contributed by atoms with van der Waals surface area (Å²) >= 11 is 0. The van der Waals surface area contributed by atoms with Crippen LogP contribution in [0.2, 0.25) is 0 Å². The van der Waals surface area contributed by atoms with Crippen LogP contribution in [0.5, 0.6) is 0 Å². The summed E-state index contributed by atoms with van der Waals surface area (Å²) in [6.45, 7) is 4.03. The molecule has 4 nitrogen and oxygen atoms in total. The normalized spacial score (nSPS) is 27.3. The van der Waals surface area contributed by atoms with Crippen molar-refractivity contribution in [1.82, 2.24) is 10.6 Å². The molecule has 0 aromatic carbocycles. The van der Waals surface area contributed by atoms with Gasteiger partial charge >= 0.3 is 0 Å². The number of amides is 2. The molecule has 0 heterocycles. The predicted molar refractivity (Wildman–Crippen MR) is 69.8 cm³/mol. The Balaban J connectivity index is 1.71. The van der Waals surface area contributed by atoms with E-state index in [0.29, 0.717) is 19.0 Å². The van der Waals surface area contributed by atoms with Crippen molar-refractivity contribution in [2.24, 2.45) is 11.8 Å². The van der Waals surface area contributed by atoms with Crippen molar-refractivity contribution in [2.45, 2.75) is 44.6 Å². The first kappa shape index (κ1) is 13.1. The maximum atomic E-state index is 12.0. The number of hydrogen-bond donors (Lipinski definition) is 2. The quantitative estimate of drug-likeness (QED) is 0.724. The van der Waals surface area contributed by atoms with Gasteiger partial charge in [0.05, 0.1) is 11.8 Å². The average Bonchev–Trinajstić information content (AvgIpc) is 3.17. The predicted octanol–water partition coefficient (Wildman–Crippen LogP) is 1.37. The average molecular weight is 250 g/mol. The summed E-state index contributed by atoms with van der Waals surface area (Å²) < 4.78 is 0. The summed E-state index contributed by atoms with van der Waals surface area (Å²) in [6, 6.07) is 0.337. The Bertz CT molecular complexity index is 335. The number of carbonyl (C=O) groups excluding carboxylic acids is 2. The van der Waals surface area contributed by atoms with Crippen LogP contribution in [0.1, 0.15) is 38.5 Å². The Morgan fingerprint density at radius 1 is 1.11 bits per heavy atom. The minimum Gasteiger partial charge on any atom is -0.353 e. The van der Waals surface area contributed by atoms with E-state index in [2.05, 4.69) is 17.2 Å². The Morgan fingerprint density at radius 3 is 2.44 bits per heavy atom. The smallest absolute Gasteiger partial charge is 0.224 e. The summed E-state index contributed by atoms with van der Waals surface area (Å²) in [6.07, 6.45) is 8.22. The summed E-state index contributed by atoms with van der Waals surface area (Å²) in [4.78, 5) is 23.6. The molecule has 2 aliphatic rings. The molecule has 2 fully saturated rings. The second-order valence-electron chi connectivity index (χ2n) is 5.33. The lowest BCUT2D eigenvalue weighted by Gasteiger charge is -2.22. The third kappa shape index (κ3) is 3.34. The molecule has 0 spiro atoms. The van der Waals surface area contributed by atoms with E-state index in [1.54, 1.807) is 6.08 Å². The van der Waals surface area contributed by atoms with E-state index in [1.807, 2.05) is 0 Å². The lowest BCUT2D eigenvalue weighted by Crippen LogP contribution is -2.38. The lowest BCUT2D eigenvalue weighted by molar-refractivity contribution is -0.127. The van der Waals surface area contributed by atoms with Crippen molar-refractivity contribution >= 4 is 11.8 Å². The molecular weight excluding hydrogens is 228 g/mol. The van der Waals surface area contributed by atoms with Gasteiger partial charge in [-0.05, 0) is 19.3 Å². The van der Waals surface area contributed by atoms with Crippen LogP contribution >= 0.6 is 0 Å². The Kier molecular flexibility index (Phi) is 4.39. The zero-order chi connectivity index (χ0) is 13.0. The van der Waals surface area contributed by atoms with Crippen molar-refractivity contribution in [3.63, 3.8) is 0 Å². The molecule has 4 heteroatoms. The maximum Gasteiger partial charge on any atom is 0.224 e. The first-order chi connectivity index (χ1) is 8.72. The van der Waals surface area contributed by atoms with E-state index < -0.39 is 0 Å². The molecule has 0 aromatic rings. The largest absolute Gasteiger partial charge is 0.353 e. The monoisotopic (exact) mass is 250 g/mol. The standard InChI is InChI=1S/C14H22N2O2/c1-2-8-15-13(17)11-9-12(11)14(18)16-10-6-4-3-5-7-10/h2,10-12H,1,3-9H2,(H,15,17)(H,16,18). The van der Waals surface area contributed by atoms with E-state index >= 15 is 0 Å². The highest BCUT2D eigenvalue weighted by atomic mass is 16.2. The van der Waals surface area contributed by atoms with E-state index in [1.165, 1.54) is 19.3 Å². The topological polar surface area (TPSA) is 58.2 Å².